The number of anilines is 3. The van der Waals surface area contributed by atoms with E-state index in [1.54, 1.807) is 18.3 Å². The zero-order valence-electron chi connectivity index (χ0n) is 18.4. The van der Waals surface area contributed by atoms with Crippen LogP contribution in [0.25, 0.3) is 0 Å². The quantitative estimate of drug-likeness (QED) is 0.681. The van der Waals surface area contributed by atoms with Gasteiger partial charge < -0.3 is 20.4 Å². The molecule has 0 aromatic carbocycles. The molecule has 30 heavy (non-hydrogen) atoms. The molecular formula is C21H32N8O. The number of carbonyl (C=O) groups is 1. The summed E-state index contributed by atoms with van der Waals surface area (Å²) in [4.78, 5) is 34.8. The van der Waals surface area contributed by atoms with Crippen molar-refractivity contribution in [2.45, 2.75) is 46.1 Å². The van der Waals surface area contributed by atoms with Crippen molar-refractivity contribution in [3.8, 4) is 0 Å². The molecule has 162 valence electrons. The number of amides is 1. The molecule has 3 rings (SSSR count). The molecule has 0 radical (unpaired) electrons. The van der Waals surface area contributed by atoms with Gasteiger partial charge in [-0.05, 0) is 32.5 Å². The van der Waals surface area contributed by atoms with Crippen molar-refractivity contribution >= 4 is 23.6 Å². The number of pyridine rings is 1. The minimum absolute atomic E-state index is 0.110. The second-order valence-corrected chi connectivity index (χ2v) is 7.74. The first-order chi connectivity index (χ1) is 14.5. The van der Waals surface area contributed by atoms with Crippen LogP contribution in [-0.2, 0) is 6.42 Å². The Bertz CT molecular complexity index is 833. The molecular weight excluding hydrogens is 380 g/mol. The molecule has 0 bridgehead atoms. The molecule has 0 aliphatic carbocycles. The third-order valence-corrected chi connectivity index (χ3v) is 5.14. The van der Waals surface area contributed by atoms with Crippen LogP contribution >= 0.6 is 0 Å². The first-order valence-electron chi connectivity index (χ1n) is 10.7. The maximum absolute atomic E-state index is 12.3. The summed E-state index contributed by atoms with van der Waals surface area (Å²) in [7, 11) is 2.12. The van der Waals surface area contributed by atoms with E-state index in [1.165, 1.54) is 0 Å². The number of rotatable bonds is 8. The zero-order valence-corrected chi connectivity index (χ0v) is 18.4. The van der Waals surface area contributed by atoms with Gasteiger partial charge in [-0.15, -0.1) is 0 Å². The lowest BCUT2D eigenvalue weighted by Crippen LogP contribution is -2.45. The number of aryl methyl sites for hydroxylation is 1. The van der Waals surface area contributed by atoms with Gasteiger partial charge in [0.15, 0.2) is 0 Å². The molecule has 1 fully saturated rings. The van der Waals surface area contributed by atoms with E-state index >= 15 is 0 Å². The molecule has 1 aliphatic rings. The van der Waals surface area contributed by atoms with E-state index in [9.17, 15) is 4.79 Å². The second kappa shape index (κ2) is 10.3. The van der Waals surface area contributed by atoms with Gasteiger partial charge >= 0.3 is 0 Å². The van der Waals surface area contributed by atoms with Crippen LogP contribution in [0, 0.1) is 0 Å². The standard InChI is InChI=1S/C21H32N8O/c1-5-7-15(3)23-19(30)16-8-9-18(22-14-16)25-20-24-17(6-2)26-21(27-20)29-12-10-28(4)11-13-29/h8-9,14-15H,5-7,10-13H2,1-4H3,(H,23,30)(H,22,24,25,26,27). The molecule has 3 heterocycles. The Labute approximate surface area is 178 Å². The summed E-state index contributed by atoms with van der Waals surface area (Å²) in [6.07, 6.45) is 4.28. The predicted molar refractivity (Wildman–Crippen MR) is 118 cm³/mol. The summed E-state index contributed by atoms with van der Waals surface area (Å²) in [6, 6.07) is 3.67. The Hall–Kier alpha value is -2.81. The maximum atomic E-state index is 12.3. The number of hydrogen-bond acceptors (Lipinski definition) is 8. The average Bonchev–Trinajstić information content (AvgIpc) is 2.74. The van der Waals surface area contributed by atoms with Crippen LogP contribution in [-0.4, -0.2) is 70.0 Å². The number of carbonyl (C=O) groups excluding carboxylic acids is 1. The minimum atomic E-state index is -0.110. The smallest absolute Gasteiger partial charge is 0.253 e. The van der Waals surface area contributed by atoms with Gasteiger partial charge in [0.25, 0.3) is 5.91 Å². The van der Waals surface area contributed by atoms with E-state index in [0.29, 0.717) is 23.3 Å². The molecule has 2 N–H and O–H groups in total. The molecule has 2 aromatic heterocycles. The Morgan fingerprint density at radius 1 is 1.13 bits per heavy atom. The van der Waals surface area contributed by atoms with Gasteiger partial charge in [0.2, 0.25) is 11.9 Å². The number of nitrogens with zero attached hydrogens (tertiary/aromatic N) is 6. The van der Waals surface area contributed by atoms with Gasteiger partial charge in [-0.3, -0.25) is 4.79 Å². The van der Waals surface area contributed by atoms with Crippen molar-refractivity contribution in [1.82, 2.24) is 30.2 Å². The number of likely N-dealkylation sites (N-methyl/N-ethyl adjacent to an activating group) is 1. The third kappa shape index (κ3) is 5.85. The molecule has 0 spiro atoms. The number of hydrogen-bond donors (Lipinski definition) is 2. The van der Waals surface area contributed by atoms with Crippen LogP contribution in [0.15, 0.2) is 18.3 Å². The first-order valence-corrected chi connectivity index (χ1v) is 10.7. The molecule has 9 heteroatoms. The largest absolute Gasteiger partial charge is 0.350 e. The fourth-order valence-corrected chi connectivity index (χ4v) is 3.30. The normalized spacial score (nSPS) is 15.7. The van der Waals surface area contributed by atoms with Gasteiger partial charge in [0, 0.05) is 44.8 Å². The van der Waals surface area contributed by atoms with Crippen LogP contribution in [0.3, 0.4) is 0 Å². The summed E-state index contributed by atoms with van der Waals surface area (Å²) < 4.78 is 0. The summed E-state index contributed by atoms with van der Waals surface area (Å²) >= 11 is 0. The second-order valence-electron chi connectivity index (χ2n) is 7.74. The molecule has 1 saturated heterocycles. The average molecular weight is 413 g/mol. The van der Waals surface area contributed by atoms with E-state index in [-0.39, 0.29) is 11.9 Å². The lowest BCUT2D eigenvalue weighted by molar-refractivity contribution is 0.0938. The van der Waals surface area contributed by atoms with Crippen molar-refractivity contribution in [2.24, 2.45) is 0 Å². The number of nitrogens with one attached hydrogen (secondary N) is 2. The lowest BCUT2D eigenvalue weighted by Gasteiger charge is -2.32. The summed E-state index contributed by atoms with van der Waals surface area (Å²) in [5, 5.41) is 6.14. The van der Waals surface area contributed by atoms with Gasteiger partial charge in [-0.1, -0.05) is 20.3 Å². The highest BCUT2D eigenvalue weighted by Crippen LogP contribution is 2.16. The van der Waals surface area contributed by atoms with Crippen molar-refractivity contribution < 1.29 is 4.79 Å². The molecule has 0 saturated carbocycles. The molecule has 9 nitrogen and oxygen atoms in total. The van der Waals surface area contributed by atoms with Crippen LogP contribution in [0.5, 0.6) is 0 Å². The number of aromatic nitrogens is 4. The van der Waals surface area contributed by atoms with Crippen LogP contribution in [0.4, 0.5) is 17.7 Å². The zero-order chi connectivity index (χ0) is 21.5. The predicted octanol–water partition coefficient (Wildman–Crippen LogP) is 2.24. The first kappa shape index (κ1) is 21.9. The van der Waals surface area contributed by atoms with Crippen molar-refractivity contribution in [3.63, 3.8) is 0 Å². The third-order valence-electron chi connectivity index (χ3n) is 5.14. The van der Waals surface area contributed by atoms with E-state index in [1.807, 2.05) is 13.8 Å². The monoisotopic (exact) mass is 412 g/mol. The molecule has 1 aliphatic heterocycles. The Kier molecular flexibility index (Phi) is 7.51. The van der Waals surface area contributed by atoms with E-state index < -0.39 is 0 Å². The van der Waals surface area contributed by atoms with E-state index in [4.69, 9.17) is 0 Å². The fraction of sp³-hybridized carbons (Fsp3) is 0.571. The van der Waals surface area contributed by atoms with Crippen LogP contribution in [0.2, 0.25) is 0 Å². The van der Waals surface area contributed by atoms with Gasteiger partial charge in [0.1, 0.15) is 11.6 Å². The topological polar surface area (TPSA) is 99.2 Å². The highest BCUT2D eigenvalue weighted by molar-refractivity contribution is 5.94. The van der Waals surface area contributed by atoms with Crippen molar-refractivity contribution in [2.75, 3.05) is 43.4 Å². The number of piperazine rings is 1. The molecule has 2 aromatic rings. The van der Waals surface area contributed by atoms with Crippen LogP contribution in [0.1, 0.15) is 49.8 Å². The Balaban J connectivity index is 1.69. The van der Waals surface area contributed by atoms with Crippen molar-refractivity contribution in [1.29, 1.82) is 0 Å². The van der Waals surface area contributed by atoms with E-state index in [2.05, 4.69) is 54.3 Å². The maximum Gasteiger partial charge on any atom is 0.253 e. The summed E-state index contributed by atoms with van der Waals surface area (Å²) in [5.74, 6) is 2.38. The highest BCUT2D eigenvalue weighted by Gasteiger charge is 2.18. The SMILES string of the molecule is CCCC(C)NC(=O)c1ccc(Nc2nc(CC)nc(N3CCN(C)CC3)n2)nc1. The van der Waals surface area contributed by atoms with Crippen molar-refractivity contribution in [3.05, 3.63) is 29.7 Å². The summed E-state index contributed by atoms with van der Waals surface area (Å²) in [6.45, 7) is 9.89. The van der Waals surface area contributed by atoms with Gasteiger partial charge in [0.05, 0.1) is 5.56 Å². The highest BCUT2D eigenvalue weighted by atomic mass is 16.1. The fourth-order valence-electron chi connectivity index (χ4n) is 3.30. The Morgan fingerprint density at radius 2 is 1.90 bits per heavy atom. The van der Waals surface area contributed by atoms with Gasteiger partial charge in [-0.25, -0.2) is 4.98 Å². The lowest BCUT2D eigenvalue weighted by atomic mass is 10.2. The summed E-state index contributed by atoms with van der Waals surface area (Å²) in [5.41, 5.74) is 0.534. The Morgan fingerprint density at radius 3 is 2.53 bits per heavy atom. The minimum Gasteiger partial charge on any atom is -0.350 e. The van der Waals surface area contributed by atoms with E-state index in [0.717, 1.165) is 51.3 Å². The van der Waals surface area contributed by atoms with Crippen LogP contribution < -0.4 is 15.5 Å². The molecule has 1 amide bonds. The van der Waals surface area contributed by atoms with Gasteiger partial charge in [-0.2, -0.15) is 15.0 Å². The molecule has 1 unspecified atom stereocenters. The molecule has 1 atom stereocenters.